The first-order valence-electron chi connectivity index (χ1n) is 7.90. The van der Waals surface area contributed by atoms with Crippen molar-refractivity contribution in [3.63, 3.8) is 0 Å². The molecule has 8 heteroatoms. The molecule has 0 spiro atoms. The van der Waals surface area contributed by atoms with Crippen LogP contribution in [0, 0.1) is 21.4 Å². The molecule has 2 aromatic rings. The Hall–Kier alpha value is -2.92. The van der Waals surface area contributed by atoms with Gasteiger partial charge in [0.1, 0.15) is 23.2 Å². The molecule has 0 aliphatic heterocycles. The number of non-ortho nitro benzene ring substituents is 1. The summed E-state index contributed by atoms with van der Waals surface area (Å²) in [6.07, 6.45) is 3.14. The minimum Gasteiger partial charge on any atom is -0.457 e. The number of nitro benzene ring substituents is 1. The molecule has 0 radical (unpaired) electrons. The largest absolute Gasteiger partial charge is 0.457 e. The lowest BCUT2D eigenvalue weighted by atomic mass is 10.1. The highest BCUT2D eigenvalue weighted by Crippen LogP contribution is 2.32. The quantitative estimate of drug-likeness (QED) is 0.235. The van der Waals surface area contributed by atoms with Gasteiger partial charge in [-0.2, -0.15) is 5.26 Å². The van der Waals surface area contributed by atoms with Crippen molar-refractivity contribution >= 4 is 33.6 Å². The molecule has 2 rings (SSSR count). The second-order valence-corrected chi connectivity index (χ2v) is 6.26. The number of nitriles is 1. The first-order valence-corrected chi connectivity index (χ1v) is 8.69. The lowest BCUT2D eigenvalue weighted by Gasteiger charge is -2.02. The number of nitrogens with zero attached hydrogens (tertiary/aromatic N) is 2. The summed E-state index contributed by atoms with van der Waals surface area (Å²) in [6, 6.07) is 9.48. The van der Waals surface area contributed by atoms with Crippen LogP contribution in [0.15, 0.2) is 44.8 Å². The number of hydrogen-bond acceptors (Lipinski definition) is 5. The molecule has 0 unspecified atom stereocenters. The maximum Gasteiger partial charge on any atom is 0.270 e. The third kappa shape index (κ3) is 4.80. The van der Waals surface area contributed by atoms with Crippen LogP contribution in [-0.4, -0.2) is 17.4 Å². The smallest absolute Gasteiger partial charge is 0.270 e. The first kappa shape index (κ1) is 19.4. The maximum absolute atomic E-state index is 12.0. The molecule has 1 aromatic carbocycles. The minimum atomic E-state index is -0.485. The van der Waals surface area contributed by atoms with E-state index in [4.69, 9.17) is 4.42 Å². The molecule has 1 aromatic heterocycles. The van der Waals surface area contributed by atoms with Crippen molar-refractivity contribution in [2.45, 2.75) is 19.8 Å². The molecule has 0 fully saturated rings. The van der Waals surface area contributed by atoms with Gasteiger partial charge in [-0.15, -0.1) is 0 Å². The standard InChI is InChI=1S/C18H16BrN3O4/c1-2-3-8-21-18(23)12(11-20)9-14-5-7-17(26-14)15-6-4-13(22(24)25)10-16(15)19/h4-7,9-10H,2-3,8H2,1H3,(H,21,23). The zero-order valence-electron chi connectivity index (χ0n) is 14.0. The SMILES string of the molecule is CCCCNC(=O)C(C#N)=Cc1ccc(-c2ccc([N+](=O)[O-])cc2Br)o1. The van der Waals surface area contributed by atoms with Crippen molar-refractivity contribution in [3.8, 4) is 17.4 Å². The van der Waals surface area contributed by atoms with E-state index in [9.17, 15) is 20.2 Å². The molecule has 26 heavy (non-hydrogen) atoms. The number of carbonyl (C=O) groups excluding carboxylic acids is 1. The summed E-state index contributed by atoms with van der Waals surface area (Å²) in [4.78, 5) is 22.3. The van der Waals surface area contributed by atoms with Gasteiger partial charge in [-0.1, -0.05) is 13.3 Å². The van der Waals surface area contributed by atoms with Crippen molar-refractivity contribution in [1.82, 2.24) is 5.32 Å². The number of benzene rings is 1. The molecule has 0 aliphatic carbocycles. The van der Waals surface area contributed by atoms with Crippen molar-refractivity contribution in [1.29, 1.82) is 5.26 Å². The van der Waals surface area contributed by atoms with Gasteiger partial charge < -0.3 is 9.73 Å². The Morgan fingerprint density at radius 3 is 2.81 bits per heavy atom. The third-order valence-electron chi connectivity index (χ3n) is 3.52. The summed E-state index contributed by atoms with van der Waals surface area (Å²) in [5.74, 6) is 0.351. The summed E-state index contributed by atoms with van der Waals surface area (Å²) in [6.45, 7) is 2.52. The van der Waals surface area contributed by atoms with E-state index in [0.29, 0.717) is 28.1 Å². The molecule has 1 amide bonds. The predicted octanol–water partition coefficient (Wildman–Crippen LogP) is 4.44. The normalized spacial score (nSPS) is 11.0. The number of carbonyl (C=O) groups is 1. The van der Waals surface area contributed by atoms with Gasteiger partial charge in [-0.25, -0.2) is 0 Å². The van der Waals surface area contributed by atoms with Gasteiger partial charge in [0.15, 0.2) is 0 Å². The Morgan fingerprint density at radius 1 is 1.42 bits per heavy atom. The number of nitro groups is 1. The molecule has 0 aliphatic rings. The number of nitrogens with one attached hydrogen (secondary N) is 1. The van der Waals surface area contributed by atoms with Crippen LogP contribution in [0.2, 0.25) is 0 Å². The van der Waals surface area contributed by atoms with Crippen LogP contribution in [0.5, 0.6) is 0 Å². The number of halogens is 1. The first-order chi connectivity index (χ1) is 12.5. The van der Waals surface area contributed by atoms with Gasteiger partial charge in [0.05, 0.1) is 4.92 Å². The number of hydrogen-bond donors (Lipinski definition) is 1. The van der Waals surface area contributed by atoms with E-state index in [1.54, 1.807) is 18.2 Å². The zero-order chi connectivity index (χ0) is 19.1. The molecule has 0 saturated heterocycles. The lowest BCUT2D eigenvalue weighted by Crippen LogP contribution is -2.25. The van der Waals surface area contributed by atoms with Crippen LogP contribution in [0.3, 0.4) is 0 Å². The van der Waals surface area contributed by atoms with E-state index < -0.39 is 10.8 Å². The summed E-state index contributed by atoms with van der Waals surface area (Å²) >= 11 is 3.29. The summed E-state index contributed by atoms with van der Waals surface area (Å²) in [7, 11) is 0. The van der Waals surface area contributed by atoms with E-state index in [-0.39, 0.29) is 11.3 Å². The minimum absolute atomic E-state index is 0.0391. The molecular formula is C18H16BrN3O4. The molecule has 1 N–H and O–H groups in total. The Labute approximate surface area is 158 Å². The Kier molecular flexibility index (Phi) is 6.69. The predicted molar refractivity (Wildman–Crippen MR) is 100 cm³/mol. The van der Waals surface area contributed by atoms with Crippen LogP contribution < -0.4 is 5.32 Å². The fourth-order valence-corrected chi connectivity index (χ4v) is 2.72. The number of rotatable bonds is 7. The maximum atomic E-state index is 12.0. The van der Waals surface area contributed by atoms with Crippen LogP contribution in [-0.2, 0) is 4.79 Å². The Bertz CT molecular complexity index is 896. The average molecular weight is 418 g/mol. The molecule has 0 saturated carbocycles. The fraction of sp³-hybridized carbons (Fsp3) is 0.222. The van der Waals surface area contributed by atoms with E-state index >= 15 is 0 Å². The Morgan fingerprint density at radius 2 is 2.19 bits per heavy atom. The molecule has 1 heterocycles. The molecule has 0 atom stereocenters. The highest BCUT2D eigenvalue weighted by atomic mass is 79.9. The van der Waals surface area contributed by atoms with Gasteiger partial charge in [-0.05, 0) is 40.5 Å². The van der Waals surface area contributed by atoms with Gasteiger partial charge in [-0.3, -0.25) is 14.9 Å². The van der Waals surface area contributed by atoms with E-state index in [1.165, 1.54) is 18.2 Å². The van der Waals surface area contributed by atoms with E-state index in [2.05, 4.69) is 21.2 Å². The molecule has 0 bridgehead atoms. The average Bonchev–Trinajstić information content (AvgIpc) is 3.07. The van der Waals surface area contributed by atoms with Crippen molar-refractivity contribution in [2.24, 2.45) is 0 Å². The van der Waals surface area contributed by atoms with Crippen LogP contribution in [0.4, 0.5) is 5.69 Å². The van der Waals surface area contributed by atoms with E-state index in [1.807, 2.05) is 13.0 Å². The van der Waals surface area contributed by atoms with Crippen molar-refractivity contribution in [3.05, 3.63) is 56.3 Å². The molecular weight excluding hydrogens is 402 g/mol. The van der Waals surface area contributed by atoms with Crippen molar-refractivity contribution < 1.29 is 14.1 Å². The fourth-order valence-electron chi connectivity index (χ4n) is 2.16. The lowest BCUT2D eigenvalue weighted by molar-refractivity contribution is -0.384. The zero-order valence-corrected chi connectivity index (χ0v) is 15.6. The van der Waals surface area contributed by atoms with Crippen LogP contribution >= 0.6 is 15.9 Å². The number of furan rings is 1. The van der Waals surface area contributed by atoms with Gasteiger partial charge in [0.2, 0.25) is 0 Å². The topological polar surface area (TPSA) is 109 Å². The third-order valence-corrected chi connectivity index (χ3v) is 4.18. The highest BCUT2D eigenvalue weighted by molar-refractivity contribution is 9.10. The van der Waals surface area contributed by atoms with Crippen LogP contribution in [0.1, 0.15) is 25.5 Å². The molecule has 134 valence electrons. The Balaban J connectivity index is 2.22. The second-order valence-electron chi connectivity index (χ2n) is 5.40. The summed E-state index contributed by atoms with van der Waals surface area (Å²) in [5, 5.41) is 22.7. The summed E-state index contributed by atoms with van der Waals surface area (Å²) < 4.78 is 6.16. The van der Waals surface area contributed by atoms with Gasteiger partial charge in [0.25, 0.3) is 11.6 Å². The van der Waals surface area contributed by atoms with Gasteiger partial charge >= 0.3 is 0 Å². The second kappa shape index (κ2) is 8.97. The molecule has 7 nitrogen and oxygen atoms in total. The van der Waals surface area contributed by atoms with Gasteiger partial charge in [0, 0.05) is 34.8 Å². The van der Waals surface area contributed by atoms with Crippen LogP contribution in [0.25, 0.3) is 17.4 Å². The monoisotopic (exact) mass is 417 g/mol. The number of unbranched alkanes of at least 4 members (excludes halogenated alkanes) is 1. The van der Waals surface area contributed by atoms with E-state index in [0.717, 1.165) is 12.8 Å². The highest BCUT2D eigenvalue weighted by Gasteiger charge is 2.14. The summed E-state index contributed by atoms with van der Waals surface area (Å²) in [5.41, 5.74) is 0.536. The number of amides is 1. The van der Waals surface area contributed by atoms with Crippen molar-refractivity contribution in [2.75, 3.05) is 6.54 Å².